The predicted octanol–water partition coefficient (Wildman–Crippen LogP) is 3.88. The zero-order valence-corrected chi connectivity index (χ0v) is 32.5. The monoisotopic (exact) mass is 853 g/mol. The van der Waals surface area contributed by atoms with Crippen LogP contribution in [0.25, 0.3) is 11.0 Å². The number of carbonyl (C=O) groups excluding carboxylic acids is 3. The SMILES string of the molecule is NCCCC[C@H](NC(=O)[C@@H](Cc1cc(Br)c(O)c(Br)c1)NC(=O)N1CCC(n2c(=O)[nH]c3ccccc32)CC1)C(=O)N1CCN(c2ccccn2)CC1. The fraction of sp³-hybridized carbons (Fsp3) is 0.432. The average Bonchev–Trinajstić information content (AvgIpc) is 3.52. The molecule has 0 unspecified atom stereocenters. The maximum Gasteiger partial charge on any atom is 0.326 e. The highest BCUT2D eigenvalue weighted by Crippen LogP contribution is 2.34. The zero-order chi connectivity index (χ0) is 37.5. The Kier molecular flexibility index (Phi) is 12.7. The van der Waals surface area contributed by atoms with Crippen LogP contribution in [0.5, 0.6) is 5.75 Å². The van der Waals surface area contributed by atoms with Crippen LogP contribution in [0.3, 0.4) is 0 Å². The van der Waals surface area contributed by atoms with Crippen molar-refractivity contribution < 1.29 is 19.5 Å². The molecule has 14 nitrogen and oxygen atoms in total. The molecule has 2 fully saturated rings. The van der Waals surface area contributed by atoms with E-state index in [4.69, 9.17) is 5.73 Å². The van der Waals surface area contributed by atoms with Crippen LogP contribution < -0.4 is 27.0 Å². The third-order valence-corrected chi connectivity index (χ3v) is 11.2. The van der Waals surface area contributed by atoms with Gasteiger partial charge in [0.05, 0.1) is 20.0 Å². The van der Waals surface area contributed by atoms with Crippen LogP contribution in [0, 0.1) is 0 Å². The maximum absolute atomic E-state index is 14.2. The molecule has 0 bridgehead atoms. The molecular formula is C37H45Br2N9O5. The average molecular weight is 856 g/mol. The van der Waals surface area contributed by atoms with E-state index in [0.29, 0.717) is 92.4 Å². The molecule has 2 atom stereocenters. The quantitative estimate of drug-likeness (QED) is 0.133. The number of unbranched alkanes of at least 4 members (excludes halogenated alkanes) is 1. The van der Waals surface area contributed by atoms with E-state index in [1.807, 2.05) is 42.5 Å². The summed E-state index contributed by atoms with van der Waals surface area (Å²) in [6, 6.07) is 14.3. The van der Waals surface area contributed by atoms with Gasteiger partial charge in [0.1, 0.15) is 23.7 Å². The van der Waals surface area contributed by atoms with Crippen LogP contribution >= 0.6 is 31.9 Å². The third-order valence-electron chi connectivity index (χ3n) is 10.00. The van der Waals surface area contributed by atoms with Crippen molar-refractivity contribution in [2.24, 2.45) is 5.73 Å². The molecule has 2 aromatic carbocycles. The lowest BCUT2D eigenvalue weighted by Crippen LogP contribution is -2.59. The van der Waals surface area contributed by atoms with Gasteiger partial charge in [0.25, 0.3) is 0 Å². The largest absolute Gasteiger partial charge is 0.506 e. The van der Waals surface area contributed by atoms with E-state index in [-0.39, 0.29) is 29.8 Å². The Morgan fingerprint density at radius 3 is 2.28 bits per heavy atom. The minimum Gasteiger partial charge on any atom is -0.506 e. The lowest BCUT2D eigenvalue weighted by molar-refractivity contribution is -0.137. The molecule has 2 saturated heterocycles. The fourth-order valence-corrected chi connectivity index (χ4v) is 8.41. The molecule has 53 heavy (non-hydrogen) atoms. The summed E-state index contributed by atoms with van der Waals surface area (Å²) in [5.41, 5.74) is 7.87. The van der Waals surface area contributed by atoms with Crippen molar-refractivity contribution in [2.75, 3.05) is 50.7 Å². The maximum atomic E-state index is 14.2. The number of phenols is 1. The number of H-pyrrole nitrogens is 1. The van der Waals surface area contributed by atoms with Gasteiger partial charge in [-0.3, -0.25) is 14.2 Å². The second-order valence-electron chi connectivity index (χ2n) is 13.5. The number of urea groups is 1. The van der Waals surface area contributed by atoms with Crippen molar-refractivity contribution in [3.63, 3.8) is 0 Å². The number of hydrogen-bond donors (Lipinski definition) is 5. The molecule has 2 aliphatic rings. The van der Waals surface area contributed by atoms with E-state index in [0.717, 1.165) is 16.9 Å². The lowest BCUT2D eigenvalue weighted by Gasteiger charge is -2.37. The Balaban J connectivity index is 1.15. The van der Waals surface area contributed by atoms with Crippen molar-refractivity contribution in [1.82, 2.24) is 35.0 Å². The summed E-state index contributed by atoms with van der Waals surface area (Å²) in [7, 11) is 0. The summed E-state index contributed by atoms with van der Waals surface area (Å²) in [6.45, 7) is 3.43. The molecule has 6 rings (SSSR count). The molecule has 0 spiro atoms. The van der Waals surface area contributed by atoms with E-state index in [1.54, 1.807) is 32.7 Å². The van der Waals surface area contributed by atoms with E-state index in [2.05, 4.69) is 57.4 Å². The number of aromatic nitrogens is 3. The van der Waals surface area contributed by atoms with Crippen molar-refractivity contribution in [3.8, 4) is 5.75 Å². The number of carbonyl (C=O) groups is 3. The normalized spacial score (nSPS) is 16.4. The highest BCUT2D eigenvalue weighted by molar-refractivity contribution is 9.11. The van der Waals surface area contributed by atoms with Gasteiger partial charge in [-0.05, 0) is 112 Å². The number of phenolic OH excluding ortho intramolecular Hbond substituents is 1. The van der Waals surface area contributed by atoms with Crippen molar-refractivity contribution in [2.45, 2.75) is 56.7 Å². The number of imidazole rings is 1. The fourth-order valence-electron chi connectivity index (χ4n) is 7.12. The first-order valence-electron chi connectivity index (χ1n) is 18.0. The van der Waals surface area contributed by atoms with Crippen LogP contribution in [0.4, 0.5) is 10.6 Å². The number of piperidine rings is 1. The summed E-state index contributed by atoms with van der Waals surface area (Å²) in [4.78, 5) is 67.7. The molecule has 4 amide bonds. The third kappa shape index (κ3) is 9.22. The smallest absolute Gasteiger partial charge is 0.326 e. The number of nitrogens with zero attached hydrogens (tertiary/aromatic N) is 5. The Morgan fingerprint density at radius 2 is 1.60 bits per heavy atom. The van der Waals surface area contributed by atoms with Gasteiger partial charge in [0.15, 0.2) is 0 Å². The molecule has 4 heterocycles. The summed E-state index contributed by atoms with van der Waals surface area (Å²) < 4.78 is 2.63. The number of nitrogens with one attached hydrogen (secondary N) is 3. The second-order valence-corrected chi connectivity index (χ2v) is 15.2. The van der Waals surface area contributed by atoms with Gasteiger partial charge in [-0.15, -0.1) is 0 Å². The van der Waals surface area contributed by atoms with Gasteiger partial charge in [0.2, 0.25) is 11.8 Å². The number of amides is 4. The topological polar surface area (TPSA) is 182 Å². The Labute approximate surface area is 324 Å². The molecule has 16 heteroatoms. The number of rotatable bonds is 12. The van der Waals surface area contributed by atoms with Crippen LogP contribution in [-0.4, -0.2) is 105 Å². The van der Waals surface area contributed by atoms with Gasteiger partial charge in [-0.2, -0.15) is 0 Å². The van der Waals surface area contributed by atoms with Crippen LogP contribution in [-0.2, 0) is 16.0 Å². The minimum atomic E-state index is -1.04. The second kappa shape index (κ2) is 17.6. The number of piperazine rings is 1. The summed E-state index contributed by atoms with van der Waals surface area (Å²) >= 11 is 6.73. The number of anilines is 1. The lowest BCUT2D eigenvalue weighted by atomic mass is 10.0. The number of halogens is 2. The van der Waals surface area contributed by atoms with E-state index in [9.17, 15) is 24.3 Å². The van der Waals surface area contributed by atoms with Gasteiger partial charge in [-0.1, -0.05) is 18.2 Å². The van der Waals surface area contributed by atoms with Crippen LogP contribution in [0.15, 0.2) is 74.5 Å². The number of aromatic hydroxyl groups is 1. The van der Waals surface area contributed by atoms with Crippen molar-refractivity contribution >= 4 is 66.6 Å². The number of pyridine rings is 1. The minimum absolute atomic E-state index is 0.0182. The molecule has 6 N–H and O–H groups in total. The highest BCUT2D eigenvalue weighted by atomic mass is 79.9. The number of fused-ring (bicyclic) bond motifs is 1. The molecule has 2 aromatic heterocycles. The Bertz CT molecular complexity index is 1930. The molecule has 0 saturated carbocycles. The molecule has 2 aliphatic heterocycles. The van der Waals surface area contributed by atoms with E-state index >= 15 is 0 Å². The molecular weight excluding hydrogens is 810 g/mol. The number of benzene rings is 2. The Morgan fingerprint density at radius 1 is 0.906 bits per heavy atom. The van der Waals surface area contributed by atoms with Gasteiger partial charge in [-0.25, -0.2) is 14.6 Å². The van der Waals surface area contributed by atoms with Crippen molar-refractivity contribution in [3.05, 3.63) is 85.8 Å². The zero-order valence-electron chi connectivity index (χ0n) is 29.3. The molecule has 282 valence electrons. The predicted molar refractivity (Wildman–Crippen MR) is 210 cm³/mol. The van der Waals surface area contributed by atoms with Crippen LogP contribution in [0.2, 0.25) is 0 Å². The first-order valence-corrected chi connectivity index (χ1v) is 19.6. The summed E-state index contributed by atoms with van der Waals surface area (Å²) in [5.74, 6) is 0.210. The standard InChI is InChI=1S/C37H45Br2N9O5/c38-26-21-24(22-27(39)33(26)49)23-30(44-36(52)47-15-11-25(12-16-47)48-31-9-2-1-7-28(31)43-37(48)53)34(50)42-29(8-3-5-13-40)35(51)46-19-17-45(18-20-46)32-10-4-6-14-41-32/h1-2,4,6-7,9-10,14,21-22,25,29-30,49H,3,5,8,11-13,15-20,23,40H2,(H,42,50)(H,43,53)(H,44,52)/t29-,30+/m0/s1. The molecule has 4 aromatic rings. The van der Waals surface area contributed by atoms with E-state index < -0.39 is 24.0 Å². The number of likely N-dealkylation sites (tertiary alicyclic amines) is 1. The Hall–Kier alpha value is -4.41. The number of nitrogens with two attached hydrogens (primary N) is 1. The summed E-state index contributed by atoms with van der Waals surface area (Å²) in [5, 5.41) is 16.2. The first kappa shape index (κ1) is 38.3. The number of para-hydroxylation sites is 2. The molecule has 0 aliphatic carbocycles. The van der Waals surface area contributed by atoms with Crippen molar-refractivity contribution in [1.29, 1.82) is 0 Å². The van der Waals surface area contributed by atoms with E-state index in [1.165, 1.54) is 0 Å². The number of hydrogen-bond acceptors (Lipinski definition) is 8. The first-order chi connectivity index (χ1) is 25.6. The number of aromatic amines is 1. The highest BCUT2D eigenvalue weighted by Gasteiger charge is 2.33. The van der Waals surface area contributed by atoms with Gasteiger partial charge >= 0.3 is 11.7 Å². The molecule has 0 radical (unpaired) electrons. The van der Waals surface area contributed by atoms with Gasteiger partial charge in [0, 0.05) is 57.9 Å². The summed E-state index contributed by atoms with van der Waals surface area (Å²) in [6.07, 6.45) is 4.72. The van der Waals surface area contributed by atoms with Gasteiger partial charge < -0.3 is 41.2 Å². The van der Waals surface area contributed by atoms with Crippen LogP contribution in [0.1, 0.15) is 43.7 Å².